The Morgan fingerprint density at radius 3 is 2.58 bits per heavy atom. The first-order chi connectivity index (χ1) is 5.72. The van der Waals surface area contributed by atoms with Crippen LogP contribution < -0.4 is 0 Å². The van der Waals surface area contributed by atoms with E-state index < -0.39 is 0 Å². The molecular weight excluding hydrogens is 154 g/mol. The van der Waals surface area contributed by atoms with Gasteiger partial charge in [0.15, 0.2) is 0 Å². The molecule has 0 unspecified atom stereocenters. The second-order valence-corrected chi connectivity index (χ2v) is 3.23. The Labute approximate surface area is 72.7 Å². The maximum Gasteiger partial charge on any atom is 0.229 e. The number of amides is 2. The number of imide groups is 1. The van der Waals surface area contributed by atoms with E-state index in [0.29, 0.717) is 13.0 Å². The van der Waals surface area contributed by atoms with Crippen LogP contribution in [0, 0.1) is 0 Å². The average Bonchev–Trinajstić information content (AvgIpc) is 1.96. The van der Waals surface area contributed by atoms with Crippen LogP contribution in [0.4, 0.5) is 0 Å². The van der Waals surface area contributed by atoms with Crippen molar-refractivity contribution in [2.45, 2.75) is 39.0 Å². The van der Waals surface area contributed by atoms with Crippen LogP contribution >= 0.6 is 0 Å². The lowest BCUT2D eigenvalue weighted by Crippen LogP contribution is -2.36. The molecule has 12 heavy (non-hydrogen) atoms. The molecule has 0 saturated carbocycles. The molecule has 2 amide bonds. The van der Waals surface area contributed by atoms with E-state index in [1.807, 2.05) is 0 Å². The molecule has 0 N–H and O–H groups in total. The van der Waals surface area contributed by atoms with Crippen LogP contribution in [0.3, 0.4) is 0 Å². The van der Waals surface area contributed by atoms with Gasteiger partial charge in [0.1, 0.15) is 0 Å². The SMILES string of the molecule is CC(=O)N1CCCCCCC1=O. The summed E-state index contributed by atoms with van der Waals surface area (Å²) in [6.45, 7) is 2.08. The molecule has 0 aromatic rings. The van der Waals surface area contributed by atoms with Crippen molar-refractivity contribution in [1.82, 2.24) is 4.90 Å². The zero-order valence-corrected chi connectivity index (χ0v) is 7.51. The first-order valence-electron chi connectivity index (χ1n) is 4.53. The molecule has 0 aliphatic carbocycles. The minimum atomic E-state index is -0.109. The minimum Gasteiger partial charge on any atom is -0.283 e. The van der Waals surface area contributed by atoms with E-state index in [1.165, 1.54) is 11.8 Å². The Hall–Kier alpha value is -0.860. The normalized spacial score (nSPS) is 20.1. The zero-order chi connectivity index (χ0) is 8.97. The van der Waals surface area contributed by atoms with E-state index in [2.05, 4.69) is 0 Å². The van der Waals surface area contributed by atoms with Gasteiger partial charge >= 0.3 is 0 Å². The monoisotopic (exact) mass is 169 g/mol. The molecule has 3 nitrogen and oxygen atoms in total. The number of rotatable bonds is 0. The second kappa shape index (κ2) is 4.24. The van der Waals surface area contributed by atoms with Gasteiger partial charge in [0.25, 0.3) is 0 Å². The maximum absolute atomic E-state index is 11.3. The number of nitrogens with zero attached hydrogens (tertiary/aromatic N) is 1. The lowest BCUT2D eigenvalue weighted by Gasteiger charge is -2.21. The number of carbonyl (C=O) groups excluding carboxylic acids is 2. The van der Waals surface area contributed by atoms with Gasteiger partial charge in [0, 0.05) is 19.9 Å². The molecule has 3 heteroatoms. The van der Waals surface area contributed by atoms with Gasteiger partial charge in [0.05, 0.1) is 0 Å². The molecular formula is C9H15NO2. The quantitative estimate of drug-likeness (QED) is 0.548. The van der Waals surface area contributed by atoms with E-state index in [9.17, 15) is 9.59 Å². The van der Waals surface area contributed by atoms with Crippen LogP contribution in [-0.4, -0.2) is 23.3 Å². The highest BCUT2D eigenvalue weighted by Crippen LogP contribution is 2.11. The van der Waals surface area contributed by atoms with E-state index >= 15 is 0 Å². The average molecular weight is 169 g/mol. The first-order valence-corrected chi connectivity index (χ1v) is 4.53. The lowest BCUT2D eigenvalue weighted by atomic mass is 10.1. The molecule has 0 aromatic heterocycles. The lowest BCUT2D eigenvalue weighted by molar-refractivity contribution is -0.144. The molecule has 1 rings (SSSR count). The van der Waals surface area contributed by atoms with E-state index in [1.54, 1.807) is 0 Å². The summed E-state index contributed by atoms with van der Waals surface area (Å²) in [4.78, 5) is 23.7. The summed E-state index contributed by atoms with van der Waals surface area (Å²) in [5.74, 6) is -0.107. The Bertz CT molecular complexity index is 189. The topological polar surface area (TPSA) is 37.4 Å². The van der Waals surface area contributed by atoms with E-state index in [0.717, 1.165) is 25.7 Å². The van der Waals surface area contributed by atoms with Gasteiger partial charge in [-0.25, -0.2) is 0 Å². The van der Waals surface area contributed by atoms with Crippen LogP contribution in [-0.2, 0) is 9.59 Å². The molecule has 0 spiro atoms. The summed E-state index contributed by atoms with van der Waals surface area (Å²) in [6, 6.07) is 0. The highest BCUT2D eigenvalue weighted by atomic mass is 16.2. The van der Waals surface area contributed by atoms with Gasteiger partial charge in [-0.15, -0.1) is 0 Å². The van der Waals surface area contributed by atoms with Crippen molar-refractivity contribution in [2.75, 3.05) is 6.54 Å². The van der Waals surface area contributed by atoms with Crippen LogP contribution in [0.25, 0.3) is 0 Å². The minimum absolute atomic E-state index is 0.00204. The van der Waals surface area contributed by atoms with Gasteiger partial charge in [-0.3, -0.25) is 14.5 Å². The smallest absolute Gasteiger partial charge is 0.229 e. The third-order valence-corrected chi connectivity index (χ3v) is 2.20. The molecule has 68 valence electrons. The van der Waals surface area contributed by atoms with Gasteiger partial charge in [0.2, 0.25) is 11.8 Å². The maximum atomic E-state index is 11.3. The zero-order valence-electron chi connectivity index (χ0n) is 7.51. The molecule has 0 radical (unpaired) electrons. The third kappa shape index (κ3) is 2.32. The summed E-state index contributed by atoms with van der Waals surface area (Å²) in [5, 5.41) is 0. The molecule has 1 aliphatic heterocycles. The standard InChI is InChI=1S/C9H15NO2/c1-8(11)10-7-5-3-2-4-6-9(10)12/h2-7H2,1H3. The molecule has 0 atom stereocenters. The molecule has 0 aromatic carbocycles. The number of hydrogen-bond acceptors (Lipinski definition) is 2. The Morgan fingerprint density at radius 1 is 1.25 bits per heavy atom. The predicted molar refractivity (Wildman–Crippen MR) is 45.5 cm³/mol. The third-order valence-electron chi connectivity index (χ3n) is 2.20. The summed E-state index contributed by atoms with van der Waals surface area (Å²) < 4.78 is 0. The van der Waals surface area contributed by atoms with Crippen molar-refractivity contribution >= 4 is 11.8 Å². The number of carbonyl (C=O) groups is 2. The molecule has 1 fully saturated rings. The fraction of sp³-hybridized carbons (Fsp3) is 0.778. The van der Waals surface area contributed by atoms with Gasteiger partial charge < -0.3 is 0 Å². The summed E-state index contributed by atoms with van der Waals surface area (Å²) >= 11 is 0. The first kappa shape index (κ1) is 9.23. The van der Waals surface area contributed by atoms with Crippen molar-refractivity contribution in [3.8, 4) is 0 Å². The van der Waals surface area contributed by atoms with Crippen LogP contribution in [0.5, 0.6) is 0 Å². The highest BCUT2D eigenvalue weighted by Gasteiger charge is 2.18. The van der Waals surface area contributed by atoms with Crippen LogP contribution in [0.1, 0.15) is 39.0 Å². The molecule has 1 aliphatic rings. The molecule has 1 saturated heterocycles. The summed E-state index contributed by atoms with van der Waals surface area (Å²) in [6.07, 6.45) is 4.70. The van der Waals surface area contributed by atoms with Crippen LogP contribution in [0.2, 0.25) is 0 Å². The number of hydrogen-bond donors (Lipinski definition) is 0. The van der Waals surface area contributed by atoms with Crippen molar-refractivity contribution in [3.63, 3.8) is 0 Å². The Balaban J connectivity index is 2.55. The molecule has 0 bridgehead atoms. The molecule has 1 heterocycles. The van der Waals surface area contributed by atoms with Crippen molar-refractivity contribution in [3.05, 3.63) is 0 Å². The fourth-order valence-electron chi connectivity index (χ4n) is 1.49. The predicted octanol–water partition coefficient (Wildman–Crippen LogP) is 1.33. The number of likely N-dealkylation sites (tertiary alicyclic amines) is 1. The fourth-order valence-corrected chi connectivity index (χ4v) is 1.49. The van der Waals surface area contributed by atoms with E-state index in [4.69, 9.17) is 0 Å². The van der Waals surface area contributed by atoms with Crippen molar-refractivity contribution in [1.29, 1.82) is 0 Å². The van der Waals surface area contributed by atoms with Gasteiger partial charge in [-0.2, -0.15) is 0 Å². The highest BCUT2D eigenvalue weighted by molar-refractivity contribution is 5.94. The summed E-state index contributed by atoms with van der Waals surface area (Å²) in [7, 11) is 0. The summed E-state index contributed by atoms with van der Waals surface area (Å²) in [5.41, 5.74) is 0. The van der Waals surface area contributed by atoms with Gasteiger partial charge in [-0.1, -0.05) is 12.8 Å². The van der Waals surface area contributed by atoms with Crippen molar-refractivity contribution < 1.29 is 9.59 Å². The Morgan fingerprint density at radius 2 is 1.92 bits per heavy atom. The van der Waals surface area contributed by atoms with E-state index in [-0.39, 0.29) is 11.8 Å². The second-order valence-electron chi connectivity index (χ2n) is 3.23. The van der Waals surface area contributed by atoms with Crippen LogP contribution in [0.15, 0.2) is 0 Å². The largest absolute Gasteiger partial charge is 0.283 e. The van der Waals surface area contributed by atoms with Gasteiger partial charge in [-0.05, 0) is 12.8 Å². The van der Waals surface area contributed by atoms with Crippen molar-refractivity contribution in [2.24, 2.45) is 0 Å². The Kier molecular flexibility index (Phi) is 3.26.